The van der Waals surface area contributed by atoms with Crippen molar-refractivity contribution in [2.24, 2.45) is 0 Å². The molecule has 18 heavy (non-hydrogen) atoms. The first kappa shape index (κ1) is 12.4. The Hall–Kier alpha value is -2.01. The highest BCUT2D eigenvalue weighted by Crippen LogP contribution is 2.26. The molecule has 0 radical (unpaired) electrons. The van der Waals surface area contributed by atoms with E-state index in [9.17, 15) is 0 Å². The van der Waals surface area contributed by atoms with Crippen molar-refractivity contribution in [1.29, 1.82) is 0 Å². The molecule has 0 atom stereocenters. The fourth-order valence-electron chi connectivity index (χ4n) is 1.38. The van der Waals surface area contributed by atoms with Gasteiger partial charge in [-0.2, -0.15) is 0 Å². The molecule has 0 aliphatic carbocycles. The van der Waals surface area contributed by atoms with Gasteiger partial charge in [0.15, 0.2) is 0 Å². The lowest BCUT2D eigenvalue weighted by atomic mass is 10.2. The second-order valence-corrected chi connectivity index (χ2v) is 3.90. The Bertz CT molecular complexity index is 549. The standard InChI is InChI=1S/C12H12ClN3O2/c1-17-9-4-2-3-8(5-9)6-18-12-10(13)11(14)15-7-16-12/h2-5,7H,6H2,1H3,(H2,14,15,16). The predicted molar refractivity (Wildman–Crippen MR) is 68.8 cm³/mol. The molecule has 0 fully saturated rings. The first-order valence-electron chi connectivity index (χ1n) is 5.22. The normalized spacial score (nSPS) is 10.1. The van der Waals surface area contributed by atoms with Crippen molar-refractivity contribution >= 4 is 17.4 Å². The van der Waals surface area contributed by atoms with Gasteiger partial charge < -0.3 is 15.2 Å². The lowest BCUT2D eigenvalue weighted by Crippen LogP contribution is -2.01. The minimum Gasteiger partial charge on any atom is -0.497 e. The topological polar surface area (TPSA) is 70.3 Å². The minimum absolute atomic E-state index is 0.201. The quantitative estimate of drug-likeness (QED) is 0.918. The average Bonchev–Trinajstić information content (AvgIpc) is 2.41. The van der Waals surface area contributed by atoms with Crippen molar-refractivity contribution in [3.05, 3.63) is 41.2 Å². The van der Waals surface area contributed by atoms with Crippen LogP contribution in [0.5, 0.6) is 11.6 Å². The molecule has 6 heteroatoms. The number of benzene rings is 1. The minimum atomic E-state index is 0.201. The maximum Gasteiger partial charge on any atom is 0.238 e. The van der Waals surface area contributed by atoms with Crippen LogP contribution in [0.1, 0.15) is 5.56 Å². The van der Waals surface area contributed by atoms with Crippen molar-refractivity contribution in [2.75, 3.05) is 12.8 Å². The molecule has 0 amide bonds. The molecule has 1 heterocycles. The Kier molecular flexibility index (Phi) is 3.84. The Morgan fingerprint density at radius 3 is 2.94 bits per heavy atom. The van der Waals surface area contributed by atoms with Crippen molar-refractivity contribution in [2.45, 2.75) is 6.61 Å². The summed E-state index contributed by atoms with van der Waals surface area (Å²) in [6.45, 7) is 0.327. The Labute approximate surface area is 110 Å². The largest absolute Gasteiger partial charge is 0.497 e. The van der Waals surface area contributed by atoms with Gasteiger partial charge in [0, 0.05) is 0 Å². The van der Waals surface area contributed by atoms with Gasteiger partial charge in [-0.1, -0.05) is 23.7 Å². The number of nitrogen functional groups attached to an aromatic ring is 1. The zero-order valence-corrected chi connectivity index (χ0v) is 10.5. The number of anilines is 1. The van der Waals surface area contributed by atoms with Gasteiger partial charge in [0.2, 0.25) is 5.88 Å². The first-order valence-corrected chi connectivity index (χ1v) is 5.60. The molecule has 0 saturated carbocycles. The molecule has 0 unspecified atom stereocenters. The summed E-state index contributed by atoms with van der Waals surface area (Å²) in [5, 5.41) is 0.223. The van der Waals surface area contributed by atoms with E-state index < -0.39 is 0 Å². The van der Waals surface area contributed by atoms with Gasteiger partial charge in [-0.05, 0) is 17.7 Å². The van der Waals surface area contributed by atoms with E-state index in [4.69, 9.17) is 26.8 Å². The molecule has 0 spiro atoms. The molecular formula is C12H12ClN3O2. The fraction of sp³-hybridized carbons (Fsp3) is 0.167. The third kappa shape index (κ3) is 2.81. The summed E-state index contributed by atoms with van der Waals surface area (Å²) in [7, 11) is 1.61. The highest BCUT2D eigenvalue weighted by molar-refractivity contribution is 6.33. The van der Waals surface area contributed by atoms with E-state index in [2.05, 4.69) is 9.97 Å². The van der Waals surface area contributed by atoms with Crippen LogP contribution in [0.4, 0.5) is 5.82 Å². The van der Waals surface area contributed by atoms with Gasteiger partial charge in [-0.3, -0.25) is 0 Å². The van der Waals surface area contributed by atoms with E-state index in [1.54, 1.807) is 7.11 Å². The van der Waals surface area contributed by atoms with Crippen LogP contribution in [-0.2, 0) is 6.61 Å². The molecule has 1 aromatic heterocycles. The zero-order chi connectivity index (χ0) is 13.0. The van der Waals surface area contributed by atoms with Crippen molar-refractivity contribution in [3.63, 3.8) is 0 Å². The van der Waals surface area contributed by atoms with E-state index in [0.717, 1.165) is 11.3 Å². The summed E-state index contributed by atoms with van der Waals surface area (Å²) in [4.78, 5) is 7.68. The number of rotatable bonds is 4. The number of hydrogen-bond acceptors (Lipinski definition) is 5. The summed E-state index contributed by atoms with van der Waals surface area (Å²) in [5.41, 5.74) is 6.50. The monoisotopic (exact) mass is 265 g/mol. The van der Waals surface area contributed by atoms with Gasteiger partial charge in [-0.25, -0.2) is 9.97 Å². The fourth-order valence-corrected chi connectivity index (χ4v) is 1.53. The van der Waals surface area contributed by atoms with Gasteiger partial charge in [0.1, 0.15) is 29.5 Å². The smallest absolute Gasteiger partial charge is 0.238 e. The summed E-state index contributed by atoms with van der Waals surface area (Å²) >= 11 is 5.92. The third-order valence-corrected chi connectivity index (χ3v) is 2.65. The van der Waals surface area contributed by atoms with E-state index in [1.807, 2.05) is 24.3 Å². The number of ether oxygens (including phenoxy) is 2. The predicted octanol–water partition coefficient (Wildman–Crippen LogP) is 2.30. The molecule has 2 N–H and O–H groups in total. The Morgan fingerprint density at radius 2 is 2.17 bits per heavy atom. The Balaban J connectivity index is 2.09. The maximum absolute atomic E-state index is 5.92. The van der Waals surface area contributed by atoms with Crippen molar-refractivity contribution < 1.29 is 9.47 Å². The number of aromatic nitrogens is 2. The number of nitrogens with two attached hydrogens (primary N) is 1. The van der Waals surface area contributed by atoms with E-state index >= 15 is 0 Å². The van der Waals surface area contributed by atoms with Gasteiger partial charge >= 0.3 is 0 Å². The van der Waals surface area contributed by atoms with Crippen LogP contribution in [0.3, 0.4) is 0 Å². The second-order valence-electron chi connectivity index (χ2n) is 3.52. The Morgan fingerprint density at radius 1 is 1.33 bits per heavy atom. The van der Waals surface area contributed by atoms with Crippen molar-refractivity contribution in [1.82, 2.24) is 9.97 Å². The molecule has 2 rings (SSSR count). The summed E-state index contributed by atoms with van der Waals surface area (Å²) in [6, 6.07) is 7.53. The number of halogens is 1. The highest BCUT2D eigenvalue weighted by atomic mass is 35.5. The van der Waals surface area contributed by atoms with Gasteiger partial charge in [0.25, 0.3) is 0 Å². The number of methoxy groups -OCH3 is 1. The lowest BCUT2D eigenvalue weighted by Gasteiger charge is -2.08. The van der Waals surface area contributed by atoms with Crippen LogP contribution >= 0.6 is 11.6 Å². The van der Waals surface area contributed by atoms with E-state index in [1.165, 1.54) is 6.33 Å². The molecule has 0 saturated heterocycles. The number of hydrogen-bond donors (Lipinski definition) is 1. The molecule has 94 valence electrons. The summed E-state index contributed by atoms with van der Waals surface area (Å²) < 4.78 is 10.6. The van der Waals surface area contributed by atoms with Gasteiger partial charge in [0.05, 0.1) is 7.11 Å². The molecule has 0 aliphatic heterocycles. The summed E-state index contributed by atoms with van der Waals surface area (Å²) in [6.07, 6.45) is 1.31. The lowest BCUT2D eigenvalue weighted by molar-refractivity contribution is 0.293. The molecule has 1 aromatic carbocycles. The average molecular weight is 266 g/mol. The van der Waals surface area contributed by atoms with Crippen LogP contribution in [0.15, 0.2) is 30.6 Å². The summed E-state index contributed by atoms with van der Waals surface area (Å²) in [5.74, 6) is 1.24. The van der Waals surface area contributed by atoms with Crippen molar-refractivity contribution in [3.8, 4) is 11.6 Å². The first-order chi connectivity index (χ1) is 8.70. The molecule has 2 aromatic rings. The second kappa shape index (κ2) is 5.55. The van der Waals surface area contributed by atoms with E-state index in [-0.39, 0.29) is 16.7 Å². The zero-order valence-electron chi connectivity index (χ0n) is 9.76. The van der Waals surface area contributed by atoms with Crippen LogP contribution in [-0.4, -0.2) is 17.1 Å². The molecule has 5 nitrogen and oxygen atoms in total. The van der Waals surface area contributed by atoms with Crippen LogP contribution in [0, 0.1) is 0 Å². The SMILES string of the molecule is COc1cccc(COc2ncnc(N)c2Cl)c1. The molecular weight excluding hydrogens is 254 g/mol. The van der Waals surface area contributed by atoms with Crippen LogP contribution in [0.2, 0.25) is 5.02 Å². The maximum atomic E-state index is 5.92. The van der Waals surface area contributed by atoms with E-state index in [0.29, 0.717) is 6.61 Å². The number of nitrogens with zero attached hydrogens (tertiary/aromatic N) is 2. The highest BCUT2D eigenvalue weighted by Gasteiger charge is 2.07. The molecule has 0 aliphatic rings. The van der Waals surface area contributed by atoms with Crippen LogP contribution < -0.4 is 15.2 Å². The van der Waals surface area contributed by atoms with Gasteiger partial charge in [-0.15, -0.1) is 0 Å². The third-order valence-electron chi connectivity index (χ3n) is 2.29. The molecule has 0 bridgehead atoms. The van der Waals surface area contributed by atoms with Crippen LogP contribution in [0.25, 0.3) is 0 Å².